The second-order valence-corrected chi connectivity index (χ2v) is 5.66. The molecule has 0 aromatic carbocycles. The number of carboxylic acids is 1. The SMILES string of the molecule is Cn1cc(SC(C)(C(=O)O)C2CC2)cn1. The first-order chi connectivity index (χ1) is 7.02. The number of carbonyl (C=O) groups is 1. The third-order valence-corrected chi connectivity index (χ3v) is 4.17. The van der Waals surface area contributed by atoms with Crippen molar-refractivity contribution in [2.75, 3.05) is 0 Å². The molecule has 0 bridgehead atoms. The van der Waals surface area contributed by atoms with Gasteiger partial charge in [0.25, 0.3) is 0 Å². The maximum atomic E-state index is 11.3. The average Bonchev–Trinajstić information content (AvgIpc) is 2.92. The highest BCUT2D eigenvalue weighted by molar-refractivity contribution is 8.01. The monoisotopic (exact) mass is 226 g/mol. The van der Waals surface area contributed by atoms with Crippen LogP contribution in [-0.4, -0.2) is 25.6 Å². The van der Waals surface area contributed by atoms with Gasteiger partial charge in [-0.05, 0) is 25.7 Å². The van der Waals surface area contributed by atoms with E-state index in [1.54, 1.807) is 10.9 Å². The van der Waals surface area contributed by atoms with Crippen molar-refractivity contribution in [2.24, 2.45) is 13.0 Å². The number of rotatable bonds is 4. The molecule has 0 aliphatic heterocycles. The Bertz CT molecular complexity index is 387. The van der Waals surface area contributed by atoms with Crippen LogP contribution in [0.2, 0.25) is 0 Å². The Morgan fingerprint density at radius 3 is 2.80 bits per heavy atom. The highest BCUT2D eigenvalue weighted by Crippen LogP contribution is 2.49. The minimum Gasteiger partial charge on any atom is -0.480 e. The topological polar surface area (TPSA) is 55.1 Å². The molecule has 1 aliphatic rings. The maximum Gasteiger partial charge on any atom is 0.320 e. The summed E-state index contributed by atoms with van der Waals surface area (Å²) >= 11 is 1.41. The molecule has 1 heterocycles. The molecule has 15 heavy (non-hydrogen) atoms. The Kier molecular flexibility index (Phi) is 2.50. The van der Waals surface area contributed by atoms with E-state index < -0.39 is 10.7 Å². The van der Waals surface area contributed by atoms with Gasteiger partial charge in [-0.25, -0.2) is 0 Å². The Labute approximate surface area is 92.7 Å². The summed E-state index contributed by atoms with van der Waals surface area (Å²) in [7, 11) is 1.83. The number of hydrogen-bond donors (Lipinski definition) is 1. The fourth-order valence-electron chi connectivity index (χ4n) is 1.63. The van der Waals surface area contributed by atoms with E-state index in [0.29, 0.717) is 5.92 Å². The van der Waals surface area contributed by atoms with Crippen LogP contribution in [0.25, 0.3) is 0 Å². The van der Waals surface area contributed by atoms with Gasteiger partial charge in [-0.1, -0.05) is 0 Å². The van der Waals surface area contributed by atoms with Gasteiger partial charge in [-0.3, -0.25) is 9.48 Å². The molecule has 1 aromatic heterocycles. The van der Waals surface area contributed by atoms with Crippen LogP contribution < -0.4 is 0 Å². The van der Waals surface area contributed by atoms with Crippen LogP contribution in [0.3, 0.4) is 0 Å². The molecule has 1 aromatic rings. The fourth-order valence-corrected chi connectivity index (χ4v) is 2.92. The van der Waals surface area contributed by atoms with E-state index in [1.165, 1.54) is 11.8 Å². The van der Waals surface area contributed by atoms with E-state index in [0.717, 1.165) is 17.7 Å². The van der Waals surface area contributed by atoms with Crippen molar-refractivity contribution in [2.45, 2.75) is 29.4 Å². The molecule has 5 heteroatoms. The molecular formula is C10H14N2O2S. The predicted molar refractivity (Wildman–Crippen MR) is 57.8 cm³/mol. The normalized spacial score (nSPS) is 19.9. The van der Waals surface area contributed by atoms with Crippen LogP contribution in [-0.2, 0) is 11.8 Å². The summed E-state index contributed by atoms with van der Waals surface area (Å²) in [6, 6.07) is 0. The Balaban J connectivity index is 2.16. The lowest BCUT2D eigenvalue weighted by Gasteiger charge is -2.22. The molecule has 1 N–H and O–H groups in total. The minimum absolute atomic E-state index is 0.306. The molecule has 0 spiro atoms. The third kappa shape index (κ3) is 2.02. The van der Waals surface area contributed by atoms with E-state index in [2.05, 4.69) is 5.10 Å². The van der Waals surface area contributed by atoms with Crippen molar-refractivity contribution in [1.82, 2.24) is 9.78 Å². The van der Waals surface area contributed by atoms with E-state index in [1.807, 2.05) is 20.2 Å². The van der Waals surface area contributed by atoms with E-state index in [4.69, 9.17) is 0 Å². The Morgan fingerprint density at radius 2 is 2.40 bits per heavy atom. The molecule has 1 atom stereocenters. The largest absolute Gasteiger partial charge is 0.480 e. The zero-order valence-corrected chi connectivity index (χ0v) is 9.62. The van der Waals surface area contributed by atoms with E-state index in [9.17, 15) is 9.90 Å². The molecule has 1 unspecified atom stereocenters. The molecule has 4 nitrogen and oxygen atoms in total. The second-order valence-electron chi connectivity index (χ2n) is 4.14. The van der Waals surface area contributed by atoms with Crippen molar-refractivity contribution in [3.8, 4) is 0 Å². The summed E-state index contributed by atoms with van der Waals surface area (Å²) < 4.78 is 1.00. The first-order valence-electron chi connectivity index (χ1n) is 4.93. The lowest BCUT2D eigenvalue weighted by molar-refractivity contribution is -0.139. The Morgan fingerprint density at radius 1 is 1.73 bits per heavy atom. The molecule has 82 valence electrons. The van der Waals surface area contributed by atoms with Gasteiger partial charge in [-0.15, -0.1) is 11.8 Å². The van der Waals surface area contributed by atoms with Crippen LogP contribution in [0.4, 0.5) is 0 Å². The van der Waals surface area contributed by atoms with Crippen molar-refractivity contribution >= 4 is 17.7 Å². The Hall–Kier alpha value is -0.970. The number of carboxylic acid groups (broad SMARTS) is 1. The molecule has 0 radical (unpaired) electrons. The second kappa shape index (κ2) is 3.56. The highest BCUT2D eigenvalue weighted by Gasteiger charge is 2.48. The highest BCUT2D eigenvalue weighted by atomic mass is 32.2. The smallest absolute Gasteiger partial charge is 0.320 e. The van der Waals surface area contributed by atoms with Crippen LogP contribution in [0, 0.1) is 5.92 Å². The summed E-state index contributed by atoms with van der Waals surface area (Å²) in [5, 5.41) is 13.3. The fraction of sp³-hybridized carbons (Fsp3) is 0.600. The van der Waals surface area contributed by atoms with Gasteiger partial charge >= 0.3 is 5.97 Å². The number of thioether (sulfide) groups is 1. The molecule has 0 amide bonds. The summed E-state index contributed by atoms with van der Waals surface area (Å²) in [6.45, 7) is 1.81. The predicted octanol–water partition coefficient (Wildman–Crippen LogP) is 1.77. The molecule has 0 saturated heterocycles. The number of aromatic nitrogens is 2. The van der Waals surface area contributed by atoms with Crippen LogP contribution in [0.1, 0.15) is 19.8 Å². The summed E-state index contributed by atoms with van der Waals surface area (Å²) in [4.78, 5) is 12.2. The number of aliphatic carboxylic acids is 1. The molecule has 1 aliphatic carbocycles. The number of aryl methyl sites for hydroxylation is 1. The average molecular weight is 226 g/mol. The minimum atomic E-state index is -0.723. The van der Waals surface area contributed by atoms with Gasteiger partial charge in [0.1, 0.15) is 4.75 Å². The van der Waals surface area contributed by atoms with Gasteiger partial charge < -0.3 is 5.11 Å². The quantitative estimate of drug-likeness (QED) is 0.795. The third-order valence-electron chi connectivity index (χ3n) is 2.79. The van der Waals surface area contributed by atoms with Gasteiger partial charge in [0.2, 0.25) is 0 Å². The summed E-state index contributed by atoms with van der Waals surface area (Å²) in [6.07, 6.45) is 5.62. The standard InChI is InChI=1S/C10H14N2O2S/c1-10(9(13)14,7-3-4-7)15-8-5-11-12(2)6-8/h5-7H,3-4H2,1-2H3,(H,13,14). The van der Waals surface area contributed by atoms with E-state index in [-0.39, 0.29) is 0 Å². The molecule has 1 saturated carbocycles. The van der Waals surface area contributed by atoms with Crippen molar-refractivity contribution < 1.29 is 9.90 Å². The summed E-state index contributed by atoms with van der Waals surface area (Å²) in [5.74, 6) is -0.418. The van der Waals surface area contributed by atoms with Crippen molar-refractivity contribution in [3.05, 3.63) is 12.4 Å². The van der Waals surface area contributed by atoms with Gasteiger partial charge in [0.05, 0.1) is 6.20 Å². The van der Waals surface area contributed by atoms with Gasteiger partial charge in [0.15, 0.2) is 0 Å². The zero-order chi connectivity index (χ0) is 11.1. The van der Waals surface area contributed by atoms with Crippen LogP contribution in [0.15, 0.2) is 17.3 Å². The summed E-state index contributed by atoms with van der Waals surface area (Å²) in [5.41, 5.74) is 0. The first kappa shape index (κ1) is 10.5. The maximum absolute atomic E-state index is 11.3. The molecular weight excluding hydrogens is 212 g/mol. The van der Waals surface area contributed by atoms with Crippen LogP contribution in [0.5, 0.6) is 0 Å². The van der Waals surface area contributed by atoms with Crippen molar-refractivity contribution in [3.63, 3.8) is 0 Å². The van der Waals surface area contributed by atoms with Gasteiger partial charge in [-0.2, -0.15) is 5.10 Å². The number of nitrogens with zero attached hydrogens (tertiary/aromatic N) is 2. The molecule has 1 fully saturated rings. The molecule has 2 rings (SSSR count). The van der Waals surface area contributed by atoms with E-state index >= 15 is 0 Å². The lowest BCUT2D eigenvalue weighted by atomic mass is 10.1. The zero-order valence-electron chi connectivity index (χ0n) is 8.80. The van der Waals surface area contributed by atoms with Crippen molar-refractivity contribution in [1.29, 1.82) is 0 Å². The van der Waals surface area contributed by atoms with Crippen LogP contribution >= 0.6 is 11.8 Å². The number of hydrogen-bond acceptors (Lipinski definition) is 3. The lowest BCUT2D eigenvalue weighted by Crippen LogP contribution is -2.33. The van der Waals surface area contributed by atoms with Gasteiger partial charge in [0, 0.05) is 18.1 Å². The first-order valence-corrected chi connectivity index (χ1v) is 5.75.